The molecule has 166 valence electrons. The summed E-state index contributed by atoms with van der Waals surface area (Å²) in [6.45, 7) is 2.03. The number of hydrogen-bond donors (Lipinski definition) is 1. The maximum Gasteiger partial charge on any atom is 0.573 e. The lowest BCUT2D eigenvalue weighted by Gasteiger charge is -2.25. The Morgan fingerprint density at radius 1 is 0.968 bits per heavy atom. The van der Waals surface area contributed by atoms with Crippen molar-refractivity contribution in [3.63, 3.8) is 0 Å². The number of carbonyl (C=O) groups excluding carboxylic acids is 2. The fourth-order valence-corrected chi connectivity index (χ4v) is 2.93. The molecule has 0 saturated carbocycles. The summed E-state index contributed by atoms with van der Waals surface area (Å²) in [4.78, 5) is 25.4. The summed E-state index contributed by atoms with van der Waals surface area (Å²) in [5, 5.41) is 3.06. The Morgan fingerprint density at radius 2 is 1.68 bits per heavy atom. The van der Waals surface area contributed by atoms with Gasteiger partial charge >= 0.3 is 18.4 Å². The van der Waals surface area contributed by atoms with Crippen LogP contribution in [0.5, 0.6) is 11.5 Å². The Labute approximate surface area is 176 Å². The van der Waals surface area contributed by atoms with Crippen LogP contribution in [-0.4, -0.2) is 49.5 Å². The van der Waals surface area contributed by atoms with Gasteiger partial charge in [0.2, 0.25) is 0 Å². The van der Waals surface area contributed by atoms with Crippen LogP contribution in [-0.2, 0) is 22.6 Å². The predicted octanol–water partition coefficient (Wildman–Crippen LogP) is 3.28. The fourth-order valence-electron chi connectivity index (χ4n) is 2.93. The minimum absolute atomic E-state index is 0.0373. The van der Waals surface area contributed by atoms with E-state index in [0.29, 0.717) is 26.2 Å². The Kier molecular flexibility index (Phi) is 7.35. The van der Waals surface area contributed by atoms with E-state index in [4.69, 9.17) is 9.47 Å². The molecule has 1 fully saturated rings. The van der Waals surface area contributed by atoms with E-state index in [1.54, 1.807) is 24.3 Å². The molecule has 31 heavy (non-hydrogen) atoms. The number of hydrogen-bond acceptors (Lipinski definition) is 6. The third kappa shape index (κ3) is 7.18. The maximum absolute atomic E-state index is 12.8. The van der Waals surface area contributed by atoms with Gasteiger partial charge in [-0.05, 0) is 23.3 Å². The van der Waals surface area contributed by atoms with Gasteiger partial charge in [-0.3, -0.25) is 4.79 Å². The standard InChI is InChI=1S/C21H21F3N2O5/c22-21(23,24)31-18-12-16(6-7-17(18)29-14-15-4-2-1-3-5-15)13-19(27)30-20(28)26-10-8-25-9-11-26/h1-7,12,25H,8-11,13-14H2. The van der Waals surface area contributed by atoms with Gasteiger partial charge in [-0.25, -0.2) is 4.79 Å². The van der Waals surface area contributed by atoms with Crippen LogP contribution in [0.3, 0.4) is 0 Å². The molecule has 0 spiro atoms. The summed E-state index contributed by atoms with van der Waals surface area (Å²) in [7, 11) is 0. The third-order valence-electron chi connectivity index (χ3n) is 4.40. The van der Waals surface area contributed by atoms with Crippen LogP contribution < -0.4 is 14.8 Å². The van der Waals surface area contributed by atoms with E-state index < -0.39 is 30.6 Å². The first-order chi connectivity index (χ1) is 14.8. The second kappa shape index (κ2) is 10.2. The number of piperazine rings is 1. The van der Waals surface area contributed by atoms with Crippen LogP contribution in [0.1, 0.15) is 11.1 Å². The van der Waals surface area contributed by atoms with E-state index in [0.717, 1.165) is 11.6 Å². The molecule has 2 aromatic carbocycles. The number of halogens is 3. The van der Waals surface area contributed by atoms with Crippen LogP contribution in [0, 0.1) is 0 Å². The van der Waals surface area contributed by atoms with Crippen molar-refractivity contribution in [3.05, 3.63) is 59.7 Å². The molecular weight excluding hydrogens is 417 g/mol. The molecule has 0 atom stereocenters. The molecule has 0 bridgehead atoms. The maximum atomic E-state index is 12.8. The first kappa shape index (κ1) is 22.4. The highest BCUT2D eigenvalue weighted by Gasteiger charge is 2.33. The summed E-state index contributed by atoms with van der Waals surface area (Å²) in [6.07, 6.45) is -6.12. The molecule has 0 aromatic heterocycles. The lowest BCUT2D eigenvalue weighted by atomic mass is 10.1. The number of amides is 1. The summed E-state index contributed by atoms with van der Waals surface area (Å²) >= 11 is 0. The summed E-state index contributed by atoms with van der Waals surface area (Å²) in [6, 6.07) is 12.6. The van der Waals surface area contributed by atoms with Crippen molar-refractivity contribution in [2.45, 2.75) is 19.4 Å². The number of rotatable bonds is 6. The zero-order valence-corrected chi connectivity index (χ0v) is 16.5. The van der Waals surface area contributed by atoms with Crippen molar-refractivity contribution in [1.82, 2.24) is 10.2 Å². The van der Waals surface area contributed by atoms with Crippen molar-refractivity contribution in [1.29, 1.82) is 0 Å². The van der Waals surface area contributed by atoms with Gasteiger partial charge < -0.3 is 24.4 Å². The molecule has 2 aromatic rings. The van der Waals surface area contributed by atoms with Crippen LogP contribution >= 0.6 is 0 Å². The molecule has 1 aliphatic rings. The normalized spacial score (nSPS) is 14.1. The number of benzene rings is 2. The first-order valence-corrected chi connectivity index (χ1v) is 9.56. The average molecular weight is 438 g/mol. The summed E-state index contributed by atoms with van der Waals surface area (Å²) in [5.41, 5.74) is 0.948. The van der Waals surface area contributed by atoms with Gasteiger partial charge in [-0.2, -0.15) is 0 Å². The zero-order chi connectivity index (χ0) is 22.3. The summed E-state index contributed by atoms with van der Waals surface area (Å²) < 4.78 is 52.8. The lowest BCUT2D eigenvalue weighted by Crippen LogP contribution is -2.47. The van der Waals surface area contributed by atoms with Gasteiger partial charge in [0.25, 0.3) is 0 Å². The molecule has 3 rings (SSSR count). The van der Waals surface area contributed by atoms with Gasteiger partial charge in [-0.15, -0.1) is 13.2 Å². The van der Waals surface area contributed by atoms with Crippen molar-refractivity contribution < 1.29 is 37.0 Å². The molecule has 0 aliphatic carbocycles. The minimum atomic E-state index is -4.94. The molecule has 1 N–H and O–H groups in total. The second-order valence-electron chi connectivity index (χ2n) is 6.76. The highest BCUT2D eigenvalue weighted by molar-refractivity contribution is 5.86. The monoisotopic (exact) mass is 438 g/mol. The van der Waals surface area contributed by atoms with E-state index >= 15 is 0 Å². The van der Waals surface area contributed by atoms with E-state index in [2.05, 4.69) is 10.1 Å². The van der Waals surface area contributed by atoms with Crippen LogP contribution in [0.4, 0.5) is 18.0 Å². The first-order valence-electron chi connectivity index (χ1n) is 9.56. The number of esters is 1. The van der Waals surface area contributed by atoms with E-state index in [9.17, 15) is 22.8 Å². The average Bonchev–Trinajstić information content (AvgIpc) is 2.73. The number of ether oxygens (including phenoxy) is 3. The second-order valence-corrected chi connectivity index (χ2v) is 6.76. The van der Waals surface area contributed by atoms with Gasteiger partial charge in [0, 0.05) is 26.2 Å². The molecular formula is C21H21F3N2O5. The molecule has 0 radical (unpaired) electrons. The highest BCUT2D eigenvalue weighted by atomic mass is 19.4. The van der Waals surface area contributed by atoms with Gasteiger partial charge in [-0.1, -0.05) is 36.4 Å². The largest absolute Gasteiger partial charge is 0.573 e. The van der Waals surface area contributed by atoms with Gasteiger partial charge in [0.05, 0.1) is 6.42 Å². The molecule has 1 amide bonds. The van der Waals surface area contributed by atoms with Gasteiger partial charge in [0.1, 0.15) is 6.61 Å². The zero-order valence-electron chi connectivity index (χ0n) is 16.5. The molecule has 1 heterocycles. The molecule has 1 aliphatic heterocycles. The lowest BCUT2D eigenvalue weighted by molar-refractivity contribution is -0.275. The predicted molar refractivity (Wildman–Crippen MR) is 104 cm³/mol. The number of nitrogens with zero attached hydrogens (tertiary/aromatic N) is 1. The van der Waals surface area contributed by atoms with Crippen LogP contribution in [0.15, 0.2) is 48.5 Å². The van der Waals surface area contributed by atoms with Crippen molar-refractivity contribution >= 4 is 12.1 Å². The Bertz CT molecular complexity index is 900. The molecule has 7 nitrogen and oxygen atoms in total. The highest BCUT2D eigenvalue weighted by Crippen LogP contribution is 2.34. The smallest absolute Gasteiger partial charge is 0.485 e. The molecule has 0 unspecified atom stereocenters. The Hall–Kier alpha value is -3.27. The SMILES string of the molecule is O=C(Cc1ccc(OCc2ccccc2)c(OC(F)(F)F)c1)OC(=O)N1CCNCC1. The quantitative estimate of drug-likeness (QED) is 0.551. The van der Waals surface area contributed by atoms with E-state index in [-0.39, 0.29) is 17.9 Å². The van der Waals surface area contributed by atoms with Crippen molar-refractivity contribution in [2.24, 2.45) is 0 Å². The molecule has 1 saturated heterocycles. The Morgan fingerprint density at radius 3 is 2.35 bits per heavy atom. The van der Waals surface area contributed by atoms with Crippen LogP contribution in [0.2, 0.25) is 0 Å². The topological polar surface area (TPSA) is 77.1 Å². The summed E-state index contributed by atoms with van der Waals surface area (Å²) in [5.74, 6) is -1.59. The van der Waals surface area contributed by atoms with E-state index in [1.807, 2.05) is 6.07 Å². The van der Waals surface area contributed by atoms with Gasteiger partial charge in [0.15, 0.2) is 11.5 Å². The number of nitrogens with one attached hydrogen (secondary N) is 1. The van der Waals surface area contributed by atoms with Crippen LogP contribution in [0.25, 0.3) is 0 Å². The Balaban J connectivity index is 1.66. The molecule has 10 heteroatoms. The van der Waals surface area contributed by atoms with E-state index in [1.165, 1.54) is 17.0 Å². The van der Waals surface area contributed by atoms with Crippen molar-refractivity contribution in [2.75, 3.05) is 26.2 Å². The number of alkyl halides is 3. The third-order valence-corrected chi connectivity index (χ3v) is 4.40. The fraction of sp³-hybridized carbons (Fsp3) is 0.333. The van der Waals surface area contributed by atoms with Crippen molar-refractivity contribution in [3.8, 4) is 11.5 Å². The minimum Gasteiger partial charge on any atom is -0.485 e. The number of carbonyl (C=O) groups is 2.